The van der Waals surface area contributed by atoms with Crippen molar-refractivity contribution in [3.8, 4) is 11.8 Å². The molecular weight excluding hydrogens is 257 g/mol. The lowest BCUT2D eigenvalue weighted by atomic mass is 10.1. The molecule has 1 saturated heterocycles. The van der Waals surface area contributed by atoms with Crippen LogP contribution in [0, 0.1) is 17.7 Å². The van der Waals surface area contributed by atoms with Gasteiger partial charge in [-0.25, -0.2) is 4.39 Å². The molecule has 1 heterocycles. The molecule has 4 heteroatoms. The van der Waals surface area contributed by atoms with Crippen LogP contribution >= 0.6 is 0 Å². The van der Waals surface area contributed by atoms with Gasteiger partial charge in [-0.1, -0.05) is 17.9 Å². The smallest absolute Gasteiger partial charge is 0.138 e. The summed E-state index contributed by atoms with van der Waals surface area (Å²) >= 11 is 0. The third kappa shape index (κ3) is 4.31. The number of aliphatic hydroxyl groups excluding tert-OH is 1. The third-order valence-corrected chi connectivity index (χ3v) is 3.28. The molecule has 0 aliphatic carbocycles. The second kappa shape index (κ2) is 7.39. The van der Waals surface area contributed by atoms with Crippen molar-refractivity contribution in [1.82, 2.24) is 4.90 Å². The Morgan fingerprint density at radius 2 is 2.35 bits per heavy atom. The highest BCUT2D eigenvalue weighted by molar-refractivity contribution is 5.38. The summed E-state index contributed by atoms with van der Waals surface area (Å²) in [5.74, 6) is 4.78. The summed E-state index contributed by atoms with van der Waals surface area (Å²) < 4.78 is 19.2. The summed E-state index contributed by atoms with van der Waals surface area (Å²) in [6.07, 6.45) is 1.24. The Bertz CT molecular complexity index is 507. The zero-order valence-electron chi connectivity index (χ0n) is 11.7. The maximum absolute atomic E-state index is 13.6. The molecule has 0 bridgehead atoms. The van der Waals surface area contributed by atoms with Crippen molar-refractivity contribution in [3.63, 3.8) is 0 Å². The summed E-state index contributed by atoms with van der Waals surface area (Å²) in [4.78, 5) is 2.31. The van der Waals surface area contributed by atoms with Gasteiger partial charge in [0.1, 0.15) is 12.4 Å². The summed E-state index contributed by atoms with van der Waals surface area (Å²) in [5, 5.41) is 8.69. The van der Waals surface area contributed by atoms with Crippen LogP contribution in [0.15, 0.2) is 18.2 Å². The first kappa shape index (κ1) is 15.0. The monoisotopic (exact) mass is 277 g/mol. The minimum absolute atomic E-state index is 0.228. The largest absolute Gasteiger partial charge is 0.384 e. The number of halogens is 1. The molecular formula is C16H20FNO2. The zero-order chi connectivity index (χ0) is 14.4. The van der Waals surface area contributed by atoms with E-state index in [1.54, 1.807) is 12.1 Å². The molecule has 1 aliphatic rings. The Morgan fingerprint density at radius 3 is 3.15 bits per heavy atom. The van der Waals surface area contributed by atoms with Crippen molar-refractivity contribution in [2.45, 2.75) is 26.0 Å². The summed E-state index contributed by atoms with van der Waals surface area (Å²) in [6, 6.07) is 4.98. The molecule has 1 atom stereocenters. The number of nitrogens with zero attached hydrogens (tertiary/aromatic N) is 1. The van der Waals surface area contributed by atoms with Gasteiger partial charge in [0, 0.05) is 26.2 Å². The highest BCUT2D eigenvalue weighted by Gasteiger charge is 2.15. The molecule has 1 aromatic rings. The van der Waals surface area contributed by atoms with E-state index < -0.39 is 0 Å². The minimum atomic E-state index is -0.345. The van der Waals surface area contributed by atoms with Gasteiger partial charge in [-0.05, 0) is 31.0 Å². The average molecular weight is 277 g/mol. The molecule has 1 unspecified atom stereocenters. The number of benzene rings is 1. The van der Waals surface area contributed by atoms with Crippen molar-refractivity contribution < 1.29 is 14.2 Å². The molecule has 108 valence electrons. The first-order valence-corrected chi connectivity index (χ1v) is 6.91. The molecule has 0 spiro atoms. The van der Waals surface area contributed by atoms with Gasteiger partial charge in [-0.2, -0.15) is 0 Å². The predicted molar refractivity (Wildman–Crippen MR) is 75.7 cm³/mol. The fourth-order valence-electron chi connectivity index (χ4n) is 2.38. The van der Waals surface area contributed by atoms with Crippen LogP contribution in [0.4, 0.5) is 4.39 Å². The summed E-state index contributed by atoms with van der Waals surface area (Å²) in [6.45, 7) is 5.25. The van der Waals surface area contributed by atoms with E-state index in [1.165, 1.54) is 6.07 Å². The van der Waals surface area contributed by atoms with Crippen molar-refractivity contribution in [3.05, 3.63) is 35.1 Å². The van der Waals surface area contributed by atoms with E-state index in [0.717, 1.165) is 38.2 Å². The lowest BCUT2D eigenvalue weighted by molar-refractivity contribution is 0.0668. The van der Waals surface area contributed by atoms with Gasteiger partial charge in [0.15, 0.2) is 0 Å². The molecule has 0 saturated carbocycles. The molecule has 0 amide bonds. The van der Waals surface area contributed by atoms with Gasteiger partial charge in [-0.15, -0.1) is 0 Å². The van der Waals surface area contributed by atoms with Crippen molar-refractivity contribution in [2.75, 3.05) is 26.3 Å². The molecule has 3 nitrogen and oxygen atoms in total. The number of rotatable bonds is 2. The molecule has 1 N–H and O–H groups in total. The van der Waals surface area contributed by atoms with Gasteiger partial charge in [0.05, 0.1) is 11.7 Å². The first-order valence-electron chi connectivity index (χ1n) is 6.91. The zero-order valence-corrected chi connectivity index (χ0v) is 11.7. The van der Waals surface area contributed by atoms with Gasteiger partial charge >= 0.3 is 0 Å². The maximum Gasteiger partial charge on any atom is 0.138 e. The van der Waals surface area contributed by atoms with Gasteiger partial charge in [0.2, 0.25) is 0 Å². The number of aliphatic hydroxyl groups is 1. The second-order valence-electron chi connectivity index (χ2n) is 5.04. The van der Waals surface area contributed by atoms with Gasteiger partial charge in [0.25, 0.3) is 0 Å². The molecule has 1 aromatic carbocycles. The SMILES string of the molecule is CC1CN(Cc2ccc(F)c(C#CCO)c2)CCCO1. The van der Waals surface area contributed by atoms with Crippen molar-refractivity contribution in [1.29, 1.82) is 0 Å². The molecule has 2 rings (SSSR count). The summed E-state index contributed by atoms with van der Waals surface area (Å²) in [5.41, 5.74) is 1.37. The minimum Gasteiger partial charge on any atom is -0.384 e. The lowest BCUT2D eigenvalue weighted by Gasteiger charge is -2.21. The Hall–Kier alpha value is -1.41. The second-order valence-corrected chi connectivity index (χ2v) is 5.04. The average Bonchev–Trinajstić information content (AvgIpc) is 2.63. The normalized spacial score (nSPS) is 20.1. The van der Waals surface area contributed by atoms with E-state index in [1.807, 2.05) is 0 Å². The predicted octanol–water partition coefficient (Wildman–Crippen LogP) is 1.78. The van der Waals surface area contributed by atoms with E-state index in [4.69, 9.17) is 9.84 Å². The molecule has 0 radical (unpaired) electrons. The fraction of sp³-hybridized carbons (Fsp3) is 0.500. The van der Waals surface area contributed by atoms with E-state index in [2.05, 4.69) is 23.7 Å². The fourth-order valence-corrected chi connectivity index (χ4v) is 2.38. The topological polar surface area (TPSA) is 32.7 Å². The Balaban J connectivity index is 2.08. The molecule has 0 aromatic heterocycles. The van der Waals surface area contributed by atoms with Crippen LogP contribution in [0.1, 0.15) is 24.5 Å². The van der Waals surface area contributed by atoms with Crippen LogP contribution in [0.5, 0.6) is 0 Å². The van der Waals surface area contributed by atoms with Crippen molar-refractivity contribution in [2.24, 2.45) is 0 Å². The number of hydrogen-bond acceptors (Lipinski definition) is 3. The quantitative estimate of drug-likeness (QED) is 0.836. The van der Waals surface area contributed by atoms with E-state index in [0.29, 0.717) is 5.56 Å². The lowest BCUT2D eigenvalue weighted by Crippen LogP contribution is -2.29. The van der Waals surface area contributed by atoms with Crippen LogP contribution in [-0.2, 0) is 11.3 Å². The molecule has 1 fully saturated rings. The van der Waals surface area contributed by atoms with Crippen LogP contribution in [0.2, 0.25) is 0 Å². The maximum atomic E-state index is 13.6. The number of hydrogen-bond donors (Lipinski definition) is 1. The summed E-state index contributed by atoms with van der Waals surface area (Å²) in [7, 11) is 0. The third-order valence-electron chi connectivity index (χ3n) is 3.28. The molecule has 1 aliphatic heterocycles. The van der Waals surface area contributed by atoms with E-state index in [9.17, 15) is 4.39 Å². The van der Waals surface area contributed by atoms with Crippen molar-refractivity contribution >= 4 is 0 Å². The van der Waals surface area contributed by atoms with E-state index in [-0.39, 0.29) is 18.5 Å². The molecule has 20 heavy (non-hydrogen) atoms. The first-order chi connectivity index (χ1) is 9.69. The van der Waals surface area contributed by atoms with Crippen LogP contribution in [0.3, 0.4) is 0 Å². The highest BCUT2D eigenvalue weighted by Crippen LogP contribution is 2.14. The Morgan fingerprint density at radius 1 is 1.50 bits per heavy atom. The van der Waals surface area contributed by atoms with Gasteiger partial charge < -0.3 is 9.84 Å². The Kier molecular flexibility index (Phi) is 5.54. The number of ether oxygens (including phenoxy) is 1. The van der Waals surface area contributed by atoms with Crippen LogP contribution in [-0.4, -0.2) is 42.4 Å². The highest BCUT2D eigenvalue weighted by atomic mass is 19.1. The van der Waals surface area contributed by atoms with Gasteiger partial charge in [-0.3, -0.25) is 4.90 Å². The van der Waals surface area contributed by atoms with Crippen LogP contribution < -0.4 is 0 Å². The van der Waals surface area contributed by atoms with Crippen LogP contribution in [0.25, 0.3) is 0 Å². The standard InChI is InChI=1S/C16H20FNO2/c1-13-11-18(7-3-9-20-13)12-14-5-6-16(17)15(10-14)4-2-8-19/h5-6,10,13,19H,3,7-9,11-12H2,1H3. The Labute approximate surface area is 119 Å². The van der Waals surface area contributed by atoms with E-state index >= 15 is 0 Å².